The first-order chi connectivity index (χ1) is 10.6. The number of aryl methyl sites for hydroxylation is 1. The van der Waals surface area contributed by atoms with Crippen LogP contribution in [0.2, 0.25) is 0 Å². The zero-order chi connectivity index (χ0) is 15.9. The number of hydrogen-bond acceptors (Lipinski definition) is 4. The summed E-state index contributed by atoms with van der Waals surface area (Å²) in [5.74, 6) is 0.832. The highest BCUT2D eigenvalue weighted by Gasteiger charge is 2.29. The van der Waals surface area contributed by atoms with Gasteiger partial charge in [-0.15, -0.1) is 0 Å². The molecule has 1 amide bonds. The smallest absolute Gasteiger partial charge is 0.225 e. The van der Waals surface area contributed by atoms with Crippen LogP contribution in [0, 0.1) is 11.3 Å². The Bertz CT molecular complexity index is 553. The fourth-order valence-corrected chi connectivity index (χ4v) is 2.82. The molecule has 0 saturated carbocycles. The lowest BCUT2D eigenvalue weighted by atomic mass is 10.0. The summed E-state index contributed by atoms with van der Waals surface area (Å²) in [6.07, 6.45) is 3.55. The second kappa shape index (κ2) is 7.81. The lowest BCUT2D eigenvalue weighted by Gasteiger charge is -2.21. The zero-order valence-electron chi connectivity index (χ0n) is 13.0. The van der Waals surface area contributed by atoms with Crippen molar-refractivity contribution in [3.05, 3.63) is 29.8 Å². The highest BCUT2D eigenvalue weighted by Crippen LogP contribution is 2.19. The maximum Gasteiger partial charge on any atom is 0.225 e. The second-order valence-electron chi connectivity index (χ2n) is 5.73. The molecule has 0 spiro atoms. The SMILES string of the molecule is COc1cccc(CCC(N)CC(=O)N2CCC[C@H]2C#N)c1. The van der Waals surface area contributed by atoms with Crippen molar-refractivity contribution in [1.29, 1.82) is 5.26 Å². The first-order valence-corrected chi connectivity index (χ1v) is 7.71. The van der Waals surface area contributed by atoms with Crippen molar-refractivity contribution in [3.63, 3.8) is 0 Å². The number of nitrogens with zero attached hydrogens (tertiary/aromatic N) is 2. The van der Waals surface area contributed by atoms with Gasteiger partial charge in [-0.25, -0.2) is 0 Å². The van der Waals surface area contributed by atoms with Crippen molar-refractivity contribution in [1.82, 2.24) is 4.90 Å². The Hall–Kier alpha value is -2.06. The normalized spacial score (nSPS) is 18.8. The molecule has 2 N–H and O–H groups in total. The van der Waals surface area contributed by atoms with Gasteiger partial charge in [0.05, 0.1) is 13.2 Å². The van der Waals surface area contributed by atoms with E-state index in [1.165, 1.54) is 0 Å². The molecule has 22 heavy (non-hydrogen) atoms. The molecular formula is C17H23N3O2. The predicted molar refractivity (Wildman–Crippen MR) is 84.3 cm³/mol. The molecule has 1 aliphatic heterocycles. The number of carbonyl (C=O) groups excluding carboxylic acids is 1. The third-order valence-electron chi connectivity index (χ3n) is 4.10. The molecule has 1 unspecified atom stereocenters. The topological polar surface area (TPSA) is 79.3 Å². The molecule has 1 heterocycles. The van der Waals surface area contributed by atoms with Crippen LogP contribution in [0.4, 0.5) is 0 Å². The lowest BCUT2D eigenvalue weighted by molar-refractivity contribution is -0.131. The van der Waals surface area contributed by atoms with E-state index < -0.39 is 0 Å². The van der Waals surface area contributed by atoms with E-state index in [0.717, 1.165) is 37.0 Å². The van der Waals surface area contributed by atoms with Gasteiger partial charge >= 0.3 is 0 Å². The molecule has 1 aromatic rings. The summed E-state index contributed by atoms with van der Waals surface area (Å²) in [4.78, 5) is 13.9. The average Bonchev–Trinajstić information content (AvgIpc) is 3.02. The molecular weight excluding hydrogens is 278 g/mol. The molecule has 0 radical (unpaired) electrons. The summed E-state index contributed by atoms with van der Waals surface area (Å²) < 4.78 is 5.20. The molecule has 5 heteroatoms. The van der Waals surface area contributed by atoms with Gasteiger partial charge in [0.2, 0.25) is 5.91 Å². The number of amides is 1. The van der Waals surface area contributed by atoms with Crippen molar-refractivity contribution in [2.24, 2.45) is 5.73 Å². The van der Waals surface area contributed by atoms with Crippen LogP contribution in [0.5, 0.6) is 5.75 Å². The fourth-order valence-electron chi connectivity index (χ4n) is 2.82. The van der Waals surface area contributed by atoms with Crippen molar-refractivity contribution >= 4 is 5.91 Å². The van der Waals surface area contributed by atoms with Crippen LogP contribution in [-0.4, -0.2) is 36.5 Å². The van der Waals surface area contributed by atoms with Crippen LogP contribution in [0.25, 0.3) is 0 Å². The quantitative estimate of drug-likeness (QED) is 0.869. The van der Waals surface area contributed by atoms with Gasteiger partial charge in [-0.05, 0) is 43.4 Å². The number of nitrogens with two attached hydrogens (primary N) is 1. The average molecular weight is 301 g/mol. The number of benzene rings is 1. The Kier molecular flexibility index (Phi) is 5.79. The number of methoxy groups -OCH3 is 1. The Labute approximate surface area is 131 Å². The molecule has 0 aliphatic carbocycles. The first-order valence-electron chi connectivity index (χ1n) is 7.71. The zero-order valence-corrected chi connectivity index (χ0v) is 13.0. The van der Waals surface area contributed by atoms with Crippen molar-refractivity contribution in [3.8, 4) is 11.8 Å². The van der Waals surface area contributed by atoms with E-state index >= 15 is 0 Å². The number of hydrogen-bond donors (Lipinski definition) is 1. The maximum absolute atomic E-state index is 12.2. The number of carbonyl (C=O) groups is 1. The maximum atomic E-state index is 12.2. The Morgan fingerprint density at radius 3 is 3.14 bits per heavy atom. The molecule has 118 valence electrons. The van der Waals surface area contributed by atoms with Gasteiger partial charge in [0.25, 0.3) is 0 Å². The molecule has 5 nitrogen and oxygen atoms in total. The largest absolute Gasteiger partial charge is 0.497 e. The molecule has 2 atom stereocenters. The third kappa shape index (κ3) is 4.22. The Morgan fingerprint density at radius 2 is 2.41 bits per heavy atom. The van der Waals surface area contributed by atoms with Crippen LogP contribution in [-0.2, 0) is 11.2 Å². The number of ether oxygens (including phenoxy) is 1. The summed E-state index contributed by atoms with van der Waals surface area (Å²) in [7, 11) is 1.64. The summed E-state index contributed by atoms with van der Waals surface area (Å²) >= 11 is 0. The lowest BCUT2D eigenvalue weighted by Crippen LogP contribution is -2.38. The van der Waals surface area contributed by atoms with E-state index in [-0.39, 0.29) is 18.0 Å². The highest BCUT2D eigenvalue weighted by atomic mass is 16.5. The van der Waals surface area contributed by atoms with Crippen LogP contribution < -0.4 is 10.5 Å². The summed E-state index contributed by atoms with van der Waals surface area (Å²) in [6.45, 7) is 0.680. The van der Waals surface area contributed by atoms with Gasteiger partial charge < -0.3 is 15.4 Å². The molecule has 0 bridgehead atoms. The minimum atomic E-state index is -0.266. The first kappa shape index (κ1) is 16.3. The van der Waals surface area contributed by atoms with Gasteiger partial charge in [-0.3, -0.25) is 4.79 Å². The number of likely N-dealkylation sites (tertiary alicyclic amines) is 1. The molecule has 1 fully saturated rings. The Balaban J connectivity index is 1.81. The molecule has 1 aromatic carbocycles. The number of rotatable bonds is 6. The van der Waals surface area contributed by atoms with E-state index in [4.69, 9.17) is 15.7 Å². The van der Waals surface area contributed by atoms with Gasteiger partial charge in [0.1, 0.15) is 11.8 Å². The van der Waals surface area contributed by atoms with Gasteiger partial charge in [-0.2, -0.15) is 5.26 Å². The molecule has 0 aromatic heterocycles. The molecule has 2 rings (SSSR count). The summed E-state index contributed by atoms with van der Waals surface area (Å²) in [5, 5.41) is 9.03. The van der Waals surface area contributed by atoms with Crippen molar-refractivity contribution in [2.75, 3.05) is 13.7 Å². The van der Waals surface area contributed by atoms with Crippen LogP contribution in [0.15, 0.2) is 24.3 Å². The van der Waals surface area contributed by atoms with E-state index in [1.807, 2.05) is 24.3 Å². The predicted octanol–water partition coefficient (Wildman–Crippen LogP) is 1.86. The van der Waals surface area contributed by atoms with E-state index in [2.05, 4.69) is 6.07 Å². The molecule has 1 aliphatic rings. The highest BCUT2D eigenvalue weighted by molar-refractivity contribution is 5.77. The minimum absolute atomic E-state index is 0.00203. The van der Waals surface area contributed by atoms with E-state index in [1.54, 1.807) is 12.0 Å². The Morgan fingerprint density at radius 1 is 1.59 bits per heavy atom. The third-order valence-corrected chi connectivity index (χ3v) is 4.10. The van der Waals surface area contributed by atoms with Crippen LogP contribution >= 0.6 is 0 Å². The fraction of sp³-hybridized carbons (Fsp3) is 0.529. The summed E-state index contributed by atoms with van der Waals surface area (Å²) in [6, 6.07) is 9.62. The van der Waals surface area contributed by atoms with E-state index in [0.29, 0.717) is 13.0 Å². The van der Waals surface area contributed by atoms with Gasteiger partial charge in [0, 0.05) is 19.0 Å². The number of nitriles is 1. The monoisotopic (exact) mass is 301 g/mol. The standard InChI is InChI=1S/C17H23N3O2/c1-22-16-6-2-4-13(10-16)7-8-14(19)11-17(21)20-9-3-5-15(20)12-18/h2,4,6,10,14-15H,3,5,7-9,11,19H2,1H3/t14?,15-/m0/s1. The van der Waals surface area contributed by atoms with Crippen molar-refractivity contribution < 1.29 is 9.53 Å². The summed E-state index contributed by atoms with van der Waals surface area (Å²) in [5.41, 5.74) is 7.24. The van der Waals surface area contributed by atoms with Gasteiger partial charge in [-0.1, -0.05) is 12.1 Å². The molecule has 1 saturated heterocycles. The van der Waals surface area contributed by atoms with Crippen LogP contribution in [0.3, 0.4) is 0 Å². The van der Waals surface area contributed by atoms with Gasteiger partial charge in [0.15, 0.2) is 0 Å². The van der Waals surface area contributed by atoms with E-state index in [9.17, 15) is 4.79 Å². The second-order valence-corrected chi connectivity index (χ2v) is 5.73. The van der Waals surface area contributed by atoms with Crippen LogP contribution in [0.1, 0.15) is 31.2 Å². The minimum Gasteiger partial charge on any atom is -0.497 e. The van der Waals surface area contributed by atoms with Crippen molar-refractivity contribution in [2.45, 2.75) is 44.2 Å².